The van der Waals surface area contributed by atoms with Crippen molar-refractivity contribution in [2.24, 2.45) is 0 Å². The van der Waals surface area contributed by atoms with Gasteiger partial charge in [-0.2, -0.15) is 0 Å². The number of hydrogen-bond acceptors (Lipinski definition) is 7. The maximum atomic E-state index is 12.0. The number of aryl methyl sites for hydroxylation is 1. The number of amides is 1. The Morgan fingerprint density at radius 2 is 2.26 bits per heavy atom. The number of nitrogens with one attached hydrogen (secondary N) is 2. The summed E-state index contributed by atoms with van der Waals surface area (Å²) in [5, 5.41) is 13.3. The molecule has 0 atom stereocenters. The lowest BCUT2D eigenvalue weighted by Crippen LogP contribution is -2.13. The van der Waals surface area contributed by atoms with Crippen LogP contribution in [0.3, 0.4) is 0 Å². The molecule has 19 heavy (non-hydrogen) atoms. The predicted molar refractivity (Wildman–Crippen MR) is 73.4 cm³/mol. The Morgan fingerprint density at radius 3 is 2.95 bits per heavy atom. The van der Waals surface area contributed by atoms with Crippen molar-refractivity contribution >= 4 is 28.4 Å². The summed E-state index contributed by atoms with van der Waals surface area (Å²) in [5.41, 5.74) is 1.31. The van der Waals surface area contributed by atoms with Crippen LogP contribution in [0.25, 0.3) is 0 Å². The van der Waals surface area contributed by atoms with Crippen LogP contribution >= 0.6 is 11.5 Å². The van der Waals surface area contributed by atoms with E-state index < -0.39 is 0 Å². The Hall–Kier alpha value is -2.09. The molecule has 2 N–H and O–H groups in total. The number of nitrogens with zero attached hydrogens (tertiary/aromatic N) is 4. The molecule has 0 aromatic carbocycles. The lowest BCUT2D eigenvalue weighted by Gasteiger charge is -2.07. The van der Waals surface area contributed by atoms with Crippen molar-refractivity contribution in [3.63, 3.8) is 0 Å². The minimum atomic E-state index is -0.247. The van der Waals surface area contributed by atoms with Crippen molar-refractivity contribution in [2.45, 2.75) is 20.3 Å². The molecule has 0 bridgehead atoms. The standard InChI is InChI=1S/C11H14N6OS/c1-3-4-12-9-6-8(5-7(2)13-9)10(18)14-11-15-16-17-19-11/h5-6H,3-4H2,1-2H3,(H,12,13)(H,14,15,17,18). The smallest absolute Gasteiger partial charge is 0.257 e. The van der Waals surface area contributed by atoms with Crippen LogP contribution in [0.2, 0.25) is 0 Å². The number of carbonyl (C=O) groups excluding carboxylic acids is 1. The molecule has 2 aromatic heterocycles. The van der Waals surface area contributed by atoms with E-state index in [1.165, 1.54) is 0 Å². The number of aromatic nitrogens is 4. The van der Waals surface area contributed by atoms with Crippen molar-refractivity contribution < 1.29 is 4.79 Å². The number of anilines is 2. The highest BCUT2D eigenvalue weighted by Crippen LogP contribution is 2.13. The van der Waals surface area contributed by atoms with E-state index in [0.29, 0.717) is 16.5 Å². The van der Waals surface area contributed by atoms with Gasteiger partial charge in [0.05, 0.1) is 0 Å². The van der Waals surface area contributed by atoms with Gasteiger partial charge in [-0.3, -0.25) is 10.1 Å². The summed E-state index contributed by atoms with van der Waals surface area (Å²) in [6.45, 7) is 4.73. The minimum absolute atomic E-state index is 0.247. The molecule has 0 aliphatic rings. The van der Waals surface area contributed by atoms with Gasteiger partial charge in [0.1, 0.15) is 5.82 Å². The van der Waals surface area contributed by atoms with Crippen LogP contribution in [0.5, 0.6) is 0 Å². The highest BCUT2D eigenvalue weighted by atomic mass is 32.1. The van der Waals surface area contributed by atoms with E-state index in [0.717, 1.165) is 30.2 Å². The molecule has 100 valence electrons. The fourth-order valence-corrected chi connectivity index (χ4v) is 1.86. The van der Waals surface area contributed by atoms with E-state index in [9.17, 15) is 4.79 Å². The van der Waals surface area contributed by atoms with Crippen LogP contribution in [0.1, 0.15) is 29.4 Å². The largest absolute Gasteiger partial charge is 0.370 e. The van der Waals surface area contributed by atoms with Gasteiger partial charge >= 0.3 is 0 Å². The van der Waals surface area contributed by atoms with Crippen molar-refractivity contribution in [3.8, 4) is 0 Å². The van der Waals surface area contributed by atoms with Crippen molar-refractivity contribution in [2.75, 3.05) is 17.2 Å². The molecular weight excluding hydrogens is 264 g/mol. The second-order valence-electron chi connectivity index (χ2n) is 3.93. The molecule has 2 rings (SSSR count). The first kappa shape index (κ1) is 13.3. The summed E-state index contributed by atoms with van der Waals surface area (Å²) in [6.07, 6.45) is 0.994. The Bertz CT molecular complexity index is 556. The summed E-state index contributed by atoms with van der Waals surface area (Å²) in [5.74, 6) is 0.450. The first-order valence-electron chi connectivity index (χ1n) is 5.88. The summed E-state index contributed by atoms with van der Waals surface area (Å²) < 4.78 is 3.59. The Morgan fingerprint density at radius 1 is 1.42 bits per heavy atom. The summed E-state index contributed by atoms with van der Waals surface area (Å²) in [7, 11) is 0. The molecular formula is C11H14N6OS. The quantitative estimate of drug-likeness (QED) is 0.865. The van der Waals surface area contributed by atoms with Crippen molar-refractivity contribution in [1.82, 2.24) is 19.8 Å². The normalized spacial score (nSPS) is 10.2. The zero-order valence-corrected chi connectivity index (χ0v) is 11.5. The third kappa shape index (κ3) is 3.68. The third-order valence-electron chi connectivity index (χ3n) is 2.29. The van der Waals surface area contributed by atoms with E-state index in [1.807, 2.05) is 6.92 Å². The molecule has 7 nitrogen and oxygen atoms in total. The number of carbonyl (C=O) groups is 1. The van der Waals surface area contributed by atoms with Gasteiger partial charge in [-0.25, -0.2) is 4.98 Å². The van der Waals surface area contributed by atoms with Gasteiger partial charge in [0.25, 0.3) is 5.91 Å². The van der Waals surface area contributed by atoms with Crippen LogP contribution in [-0.2, 0) is 0 Å². The molecule has 0 unspecified atom stereocenters. The van der Waals surface area contributed by atoms with Crippen LogP contribution in [-0.4, -0.2) is 32.2 Å². The molecule has 8 heteroatoms. The summed E-state index contributed by atoms with van der Waals surface area (Å²) >= 11 is 1.03. The van der Waals surface area contributed by atoms with E-state index in [4.69, 9.17) is 0 Å². The highest BCUT2D eigenvalue weighted by molar-refractivity contribution is 7.09. The van der Waals surface area contributed by atoms with Gasteiger partial charge in [0, 0.05) is 29.3 Å². The van der Waals surface area contributed by atoms with E-state index in [2.05, 4.69) is 37.3 Å². The first-order chi connectivity index (χ1) is 9.19. The van der Waals surface area contributed by atoms with Gasteiger partial charge in [-0.15, -0.1) is 0 Å². The van der Waals surface area contributed by atoms with Crippen LogP contribution in [0.4, 0.5) is 10.9 Å². The maximum Gasteiger partial charge on any atom is 0.257 e. The predicted octanol–water partition coefficient (Wildman–Crippen LogP) is 1.71. The average Bonchev–Trinajstić information content (AvgIpc) is 2.88. The maximum absolute atomic E-state index is 12.0. The van der Waals surface area contributed by atoms with Crippen molar-refractivity contribution in [3.05, 3.63) is 23.4 Å². The summed E-state index contributed by atoms with van der Waals surface area (Å²) in [6, 6.07) is 3.44. The van der Waals surface area contributed by atoms with Gasteiger partial charge < -0.3 is 5.32 Å². The fourth-order valence-electron chi connectivity index (χ4n) is 1.49. The topological polar surface area (TPSA) is 92.7 Å². The second kappa shape index (κ2) is 6.19. The molecule has 2 heterocycles. The second-order valence-corrected chi connectivity index (χ2v) is 4.66. The highest BCUT2D eigenvalue weighted by Gasteiger charge is 2.10. The summed E-state index contributed by atoms with van der Waals surface area (Å²) in [4.78, 5) is 16.4. The minimum Gasteiger partial charge on any atom is -0.370 e. The zero-order chi connectivity index (χ0) is 13.7. The first-order valence-corrected chi connectivity index (χ1v) is 6.65. The van der Waals surface area contributed by atoms with Gasteiger partial charge in [-0.1, -0.05) is 16.5 Å². The molecule has 0 aliphatic carbocycles. The van der Waals surface area contributed by atoms with Gasteiger partial charge in [-0.05, 0) is 30.7 Å². The number of pyridine rings is 1. The van der Waals surface area contributed by atoms with Crippen LogP contribution < -0.4 is 10.6 Å². The molecule has 2 aromatic rings. The molecule has 0 saturated heterocycles. The molecule has 0 spiro atoms. The monoisotopic (exact) mass is 278 g/mol. The molecule has 0 aliphatic heterocycles. The Labute approximate surface area is 114 Å². The Kier molecular flexibility index (Phi) is 4.35. The lowest BCUT2D eigenvalue weighted by atomic mass is 10.2. The number of rotatable bonds is 5. The molecule has 0 saturated carbocycles. The number of hydrogen-bond donors (Lipinski definition) is 2. The van der Waals surface area contributed by atoms with Gasteiger partial charge in [0.2, 0.25) is 5.13 Å². The SMILES string of the molecule is CCCNc1cc(C(=O)Nc2nnns2)cc(C)n1. The third-order valence-corrected chi connectivity index (χ3v) is 2.80. The fraction of sp³-hybridized carbons (Fsp3) is 0.364. The van der Waals surface area contributed by atoms with Gasteiger partial charge in [0.15, 0.2) is 0 Å². The molecule has 0 fully saturated rings. The van der Waals surface area contributed by atoms with Crippen LogP contribution in [0.15, 0.2) is 12.1 Å². The molecule has 0 radical (unpaired) electrons. The van der Waals surface area contributed by atoms with E-state index >= 15 is 0 Å². The zero-order valence-electron chi connectivity index (χ0n) is 10.7. The van der Waals surface area contributed by atoms with Crippen LogP contribution in [0, 0.1) is 6.92 Å². The molecule has 1 amide bonds. The lowest BCUT2D eigenvalue weighted by molar-refractivity contribution is 0.102. The van der Waals surface area contributed by atoms with Crippen molar-refractivity contribution in [1.29, 1.82) is 0 Å². The van der Waals surface area contributed by atoms with E-state index in [-0.39, 0.29) is 5.91 Å². The van der Waals surface area contributed by atoms with E-state index in [1.54, 1.807) is 12.1 Å². The Balaban J connectivity index is 2.14. The average molecular weight is 278 g/mol.